The molecule has 0 radical (unpaired) electrons. The van der Waals surface area contributed by atoms with Crippen LogP contribution in [0.25, 0.3) is 0 Å². The van der Waals surface area contributed by atoms with E-state index in [1.54, 1.807) is 6.07 Å². The van der Waals surface area contributed by atoms with Gasteiger partial charge in [0.1, 0.15) is 5.75 Å². The molecule has 0 heterocycles. The van der Waals surface area contributed by atoms with Crippen molar-refractivity contribution in [2.24, 2.45) is 0 Å². The van der Waals surface area contributed by atoms with Crippen molar-refractivity contribution in [1.82, 2.24) is 0 Å². The third kappa shape index (κ3) is 3.23. The van der Waals surface area contributed by atoms with Crippen molar-refractivity contribution in [2.45, 2.75) is 6.18 Å². The lowest BCUT2D eigenvalue weighted by molar-refractivity contribution is -0.114. The van der Waals surface area contributed by atoms with Gasteiger partial charge in [-0.15, -0.1) is 0 Å². The van der Waals surface area contributed by atoms with Crippen LogP contribution in [-0.2, 0) is 0 Å². The Labute approximate surface area is 81.8 Å². The summed E-state index contributed by atoms with van der Waals surface area (Å²) in [5, 5.41) is 0. The molecule has 0 saturated carbocycles. The summed E-state index contributed by atoms with van der Waals surface area (Å²) in [7, 11) is 0. The van der Waals surface area contributed by atoms with Gasteiger partial charge in [0, 0.05) is 0 Å². The highest BCUT2D eigenvalue weighted by Gasteiger charge is 2.39. The molecule has 15 heavy (non-hydrogen) atoms. The number of hydrogen-bond donors (Lipinski definition) is 0. The molecule has 0 aliphatic heterocycles. The first-order chi connectivity index (χ1) is 6.91. The molecule has 6 heteroatoms. The van der Waals surface area contributed by atoms with Crippen molar-refractivity contribution in [3.63, 3.8) is 0 Å². The first-order valence-electron chi connectivity index (χ1n) is 3.76. The molecular weight excluding hydrogens is 219 g/mol. The maximum Gasteiger partial charge on any atom is 0.449 e. The summed E-state index contributed by atoms with van der Waals surface area (Å²) in [4.78, 5) is 0. The van der Waals surface area contributed by atoms with Crippen LogP contribution in [0, 0.1) is 0 Å². The smallest absolute Gasteiger partial charge is 0.430 e. The van der Waals surface area contributed by atoms with Gasteiger partial charge in [0.25, 0.3) is 5.83 Å². The molecule has 0 unspecified atom stereocenters. The zero-order valence-electron chi connectivity index (χ0n) is 7.18. The number of benzene rings is 1. The maximum atomic E-state index is 12.5. The quantitative estimate of drug-likeness (QED) is 0.549. The Morgan fingerprint density at radius 1 is 1.00 bits per heavy atom. The van der Waals surface area contributed by atoms with Crippen LogP contribution in [0.3, 0.4) is 0 Å². The van der Waals surface area contributed by atoms with E-state index >= 15 is 0 Å². The van der Waals surface area contributed by atoms with E-state index in [-0.39, 0.29) is 5.75 Å². The second-order valence-corrected chi connectivity index (χ2v) is 2.50. The lowest BCUT2D eigenvalue weighted by atomic mass is 10.3. The van der Waals surface area contributed by atoms with Crippen molar-refractivity contribution in [1.29, 1.82) is 0 Å². The Bertz CT molecular complexity index is 355. The Kier molecular flexibility index (Phi) is 3.28. The minimum Gasteiger partial charge on any atom is -0.430 e. The fourth-order valence-corrected chi connectivity index (χ4v) is 0.748. The van der Waals surface area contributed by atoms with E-state index in [2.05, 4.69) is 4.74 Å². The Morgan fingerprint density at radius 2 is 1.53 bits per heavy atom. The van der Waals surface area contributed by atoms with Crippen LogP contribution in [0.5, 0.6) is 5.75 Å². The van der Waals surface area contributed by atoms with Crippen molar-refractivity contribution in [2.75, 3.05) is 0 Å². The van der Waals surface area contributed by atoms with Crippen LogP contribution in [0.1, 0.15) is 0 Å². The normalized spacial score (nSPS) is 13.4. The summed E-state index contributed by atoms with van der Waals surface area (Å²) in [6.45, 7) is 0. The fraction of sp³-hybridized carbons (Fsp3) is 0.111. The van der Waals surface area contributed by atoms with Crippen molar-refractivity contribution in [3.05, 3.63) is 42.2 Å². The Morgan fingerprint density at radius 3 is 2.00 bits per heavy atom. The molecule has 0 N–H and O–H groups in total. The van der Waals surface area contributed by atoms with Crippen LogP contribution in [0.4, 0.5) is 22.0 Å². The molecule has 0 aliphatic carbocycles. The number of rotatable bonds is 2. The first kappa shape index (κ1) is 11.5. The molecular formula is C9H5F5O. The number of halogens is 5. The van der Waals surface area contributed by atoms with Gasteiger partial charge in [-0.2, -0.15) is 22.0 Å². The van der Waals surface area contributed by atoms with Crippen LogP contribution >= 0.6 is 0 Å². The summed E-state index contributed by atoms with van der Waals surface area (Å²) < 4.78 is 63.8. The summed E-state index contributed by atoms with van der Waals surface area (Å²) >= 11 is 0. The first-order valence-corrected chi connectivity index (χ1v) is 3.76. The van der Waals surface area contributed by atoms with E-state index in [4.69, 9.17) is 0 Å². The molecule has 0 atom stereocenters. The van der Waals surface area contributed by atoms with E-state index in [0.29, 0.717) is 0 Å². The second kappa shape index (κ2) is 4.29. The average Bonchev–Trinajstić information content (AvgIpc) is 2.16. The Balaban J connectivity index is 2.84. The molecule has 1 rings (SSSR count). The van der Waals surface area contributed by atoms with Crippen LogP contribution in [0.2, 0.25) is 0 Å². The van der Waals surface area contributed by atoms with E-state index in [1.807, 2.05) is 0 Å². The highest BCUT2D eigenvalue weighted by molar-refractivity contribution is 5.23. The summed E-state index contributed by atoms with van der Waals surface area (Å²) in [6, 6.07) is 4.47. The van der Waals surface area contributed by atoms with Gasteiger partial charge in [-0.1, -0.05) is 18.2 Å². The van der Waals surface area contributed by atoms with Crippen molar-refractivity contribution < 1.29 is 26.7 Å². The highest BCUT2D eigenvalue weighted by atomic mass is 19.4. The fourth-order valence-electron chi connectivity index (χ4n) is 0.748. The van der Waals surface area contributed by atoms with Gasteiger partial charge in [-0.3, -0.25) is 0 Å². The lowest BCUT2D eigenvalue weighted by Gasteiger charge is -2.06. The van der Waals surface area contributed by atoms with Crippen molar-refractivity contribution in [3.8, 4) is 5.75 Å². The second-order valence-electron chi connectivity index (χ2n) is 2.50. The van der Waals surface area contributed by atoms with Crippen LogP contribution < -0.4 is 4.74 Å². The van der Waals surface area contributed by atoms with Gasteiger partial charge >= 0.3 is 12.2 Å². The van der Waals surface area contributed by atoms with E-state index in [9.17, 15) is 22.0 Å². The number of alkyl halides is 3. The zero-order chi connectivity index (χ0) is 11.5. The molecule has 0 aromatic heterocycles. The van der Waals surface area contributed by atoms with Gasteiger partial charge in [0.2, 0.25) is 0 Å². The minimum atomic E-state index is -5.38. The summed E-state index contributed by atoms with van der Waals surface area (Å²) in [5.41, 5.74) is 0. The molecule has 1 aromatic carbocycles. The predicted octanol–water partition coefficient (Wildman–Crippen LogP) is 3.74. The van der Waals surface area contributed by atoms with Gasteiger partial charge in [0.05, 0.1) is 0 Å². The zero-order valence-corrected chi connectivity index (χ0v) is 7.18. The molecule has 1 nitrogen and oxygen atoms in total. The van der Waals surface area contributed by atoms with Gasteiger partial charge in [-0.25, -0.2) is 0 Å². The summed E-state index contributed by atoms with van der Waals surface area (Å²) in [5.74, 6) is -3.10. The van der Waals surface area contributed by atoms with E-state index in [1.165, 1.54) is 24.3 Å². The van der Waals surface area contributed by atoms with Gasteiger partial charge in [0.15, 0.2) is 0 Å². The molecule has 0 spiro atoms. The summed E-state index contributed by atoms with van der Waals surface area (Å²) in [6.07, 6.45) is -5.38. The van der Waals surface area contributed by atoms with Crippen LogP contribution in [0.15, 0.2) is 42.2 Å². The topological polar surface area (TPSA) is 9.23 Å². The third-order valence-electron chi connectivity index (χ3n) is 1.37. The molecule has 0 bridgehead atoms. The minimum absolute atomic E-state index is 0.214. The molecule has 0 saturated heterocycles. The van der Waals surface area contributed by atoms with Gasteiger partial charge < -0.3 is 4.74 Å². The standard InChI is InChI=1S/C9H5F5O/c10-7(9(12,13)14)8(11)15-6-4-2-1-3-5-6/h1-5H/b8-7+. The maximum absolute atomic E-state index is 12.5. The molecule has 0 fully saturated rings. The molecule has 1 aromatic rings. The molecule has 0 amide bonds. The third-order valence-corrected chi connectivity index (χ3v) is 1.37. The number of allylic oxidation sites excluding steroid dienone is 1. The Hall–Kier alpha value is -1.59. The SMILES string of the molecule is F/C(Oc1ccccc1)=C(\F)C(F)(F)F. The van der Waals surface area contributed by atoms with Crippen molar-refractivity contribution >= 4 is 0 Å². The lowest BCUT2D eigenvalue weighted by Crippen LogP contribution is -2.11. The largest absolute Gasteiger partial charge is 0.449 e. The van der Waals surface area contributed by atoms with E-state index < -0.39 is 18.0 Å². The molecule has 82 valence electrons. The van der Waals surface area contributed by atoms with E-state index in [0.717, 1.165) is 0 Å². The number of ether oxygens (including phenoxy) is 1. The average molecular weight is 224 g/mol. The predicted molar refractivity (Wildman–Crippen MR) is 42.4 cm³/mol. The monoisotopic (exact) mass is 224 g/mol. The van der Waals surface area contributed by atoms with Crippen LogP contribution in [-0.4, -0.2) is 6.18 Å². The number of para-hydroxylation sites is 1. The number of hydrogen-bond acceptors (Lipinski definition) is 1. The highest BCUT2D eigenvalue weighted by Crippen LogP contribution is 2.30. The molecule has 0 aliphatic rings. The van der Waals surface area contributed by atoms with Gasteiger partial charge in [-0.05, 0) is 12.1 Å².